The summed E-state index contributed by atoms with van der Waals surface area (Å²) in [6.07, 6.45) is 1.44. The SMILES string of the molecule is O=C(COC(=O)Cn1ccccc1=O)Nc1cccc(F)c1. The van der Waals surface area contributed by atoms with Crippen LogP contribution in [0.3, 0.4) is 0 Å². The number of nitrogens with one attached hydrogen (secondary N) is 1. The van der Waals surface area contributed by atoms with Gasteiger partial charge in [0.05, 0.1) is 0 Å². The lowest BCUT2D eigenvalue weighted by Gasteiger charge is -2.07. The molecule has 1 aromatic heterocycles. The van der Waals surface area contributed by atoms with E-state index >= 15 is 0 Å². The van der Waals surface area contributed by atoms with Gasteiger partial charge in [-0.15, -0.1) is 0 Å². The molecule has 0 radical (unpaired) electrons. The molecule has 0 saturated heterocycles. The van der Waals surface area contributed by atoms with E-state index in [0.29, 0.717) is 0 Å². The molecule has 1 aromatic carbocycles. The smallest absolute Gasteiger partial charge is 0.326 e. The molecule has 1 heterocycles. The van der Waals surface area contributed by atoms with Gasteiger partial charge in [0.15, 0.2) is 6.61 Å². The van der Waals surface area contributed by atoms with Crippen molar-refractivity contribution in [2.75, 3.05) is 11.9 Å². The quantitative estimate of drug-likeness (QED) is 0.841. The third kappa shape index (κ3) is 4.55. The normalized spacial score (nSPS) is 10.0. The van der Waals surface area contributed by atoms with Crippen molar-refractivity contribution >= 4 is 17.6 Å². The number of hydrogen-bond donors (Lipinski definition) is 1. The highest BCUT2D eigenvalue weighted by Gasteiger charge is 2.09. The van der Waals surface area contributed by atoms with Crippen molar-refractivity contribution in [1.82, 2.24) is 4.57 Å². The molecular formula is C15H13FN2O4. The summed E-state index contributed by atoms with van der Waals surface area (Å²) in [5.74, 6) is -1.81. The molecule has 6 nitrogen and oxygen atoms in total. The summed E-state index contributed by atoms with van der Waals surface area (Å²) < 4.78 is 18.9. The van der Waals surface area contributed by atoms with Gasteiger partial charge in [-0.2, -0.15) is 0 Å². The minimum absolute atomic E-state index is 0.264. The lowest BCUT2D eigenvalue weighted by atomic mass is 10.3. The van der Waals surface area contributed by atoms with Crippen LogP contribution in [0, 0.1) is 5.82 Å². The van der Waals surface area contributed by atoms with E-state index in [1.54, 1.807) is 12.1 Å². The van der Waals surface area contributed by atoms with Crippen molar-refractivity contribution in [3.05, 3.63) is 64.8 Å². The molecule has 0 bridgehead atoms. The molecule has 22 heavy (non-hydrogen) atoms. The first kappa shape index (κ1) is 15.4. The molecule has 114 valence electrons. The Kier molecular flexibility index (Phi) is 5.02. The van der Waals surface area contributed by atoms with E-state index in [9.17, 15) is 18.8 Å². The van der Waals surface area contributed by atoms with Gasteiger partial charge in [0.2, 0.25) is 0 Å². The number of amides is 1. The minimum Gasteiger partial charge on any atom is -0.454 e. The molecule has 2 rings (SSSR count). The number of halogens is 1. The van der Waals surface area contributed by atoms with Crippen molar-refractivity contribution < 1.29 is 18.7 Å². The van der Waals surface area contributed by atoms with Crippen LogP contribution in [0.2, 0.25) is 0 Å². The Balaban J connectivity index is 1.82. The molecule has 2 aromatic rings. The number of hydrogen-bond acceptors (Lipinski definition) is 4. The first-order chi connectivity index (χ1) is 10.5. The van der Waals surface area contributed by atoms with E-state index < -0.39 is 24.3 Å². The highest BCUT2D eigenvalue weighted by Crippen LogP contribution is 2.08. The molecule has 0 fully saturated rings. The van der Waals surface area contributed by atoms with E-state index in [2.05, 4.69) is 5.32 Å². The second kappa shape index (κ2) is 7.16. The van der Waals surface area contributed by atoms with Gasteiger partial charge < -0.3 is 14.6 Å². The first-order valence-corrected chi connectivity index (χ1v) is 6.41. The third-order valence-electron chi connectivity index (χ3n) is 2.67. The fourth-order valence-corrected chi connectivity index (χ4v) is 1.69. The summed E-state index contributed by atoms with van der Waals surface area (Å²) in [6, 6.07) is 9.80. The summed E-state index contributed by atoms with van der Waals surface area (Å²) >= 11 is 0. The van der Waals surface area contributed by atoms with Crippen LogP contribution in [0.15, 0.2) is 53.5 Å². The van der Waals surface area contributed by atoms with Crippen LogP contribution in [0.5, 0.6) is 0 Å². The number of pyridine rings is 1. The van der Waals surface area contributed by atoms with Gasteiger partial charge in [-0.3, -0.25) is 14.4 Å². The highest BCUT2D eigenvalue weighted by atomic mass is 19.1. The highest BCUT2D eigenvalue weighted by molar-refractivity contribution is 5.92. The molecule has 7 heteroatoms. The second-order valence-corrected chi connectivity index (χ2v) is 4.39. The van der Waals surface area contributed by atoms with Gasteiger partial charge in [0.1, 0.15) is 12.4 Å². The Morgan fingerprint density at radius 2 is 2.00 bits per heavy atom. The molecule has 1 amide bonds. The van der Waals surface area contributed by atoms with Gasteiger partial charge >= 0.3 is 5.97 Å². The molecule has 0 unspecified atom stereocenters. The second-order valence-electron chi connectivity index (χ2n) is 4.39. The zero-order valence-corrected chi connectivity index (χ0v) is 11.5. The number of nitrogens with zero attached hydrogens (tertiary/aromatic N) is 1. The topological polar surface area (TPSA) is 77.4 Å². The fourth-order valence-electron chi connectivity index (χ4n) is 1.69. The van der Waals surface area contributed by atoms with Gasteiger partial charge in [0.25, 0.3) is 11.5 Å². The maximum absolute atomic E-state index is 12.9. The first-order valence-electron chi connectivity index (χ1n) is 6.41. The van der Waals surface area contributed by atoms with E-state index in [4.69, 9.17) is 4.74 Å². The standard InChI is InChI=1S/C15H13FN2O4/c16-11-4-3-5-12(8-11)17-13(19)10-22-15(21)9-18-7-2-1-6-14(18)20/h1-8H,9-10H2,(H,17,19). The Morgan fingerprint density at radius 3 is 2.73 bits per heavy atom. The van der Waals surface area contributed by atoms with Crippen LogP contribution in [0.4, 0.5) is 10.1 Å². The maximum Gasteiger partial charge on any atom is 0.326 e. The van der Waals surface area contributed by atoms with Gasteiger partial charge in [0, 0.05) is 18.0 Å². The van der Waals surface area contributed by atoms with Crippen molar-refractivity contribution in [3.63, 3.8) is 0 Å². The molecule has 0 aliphatic carbocycles. The molecule has 0 aliphatic rings. The molecular weight excluding hydrogens is 291 g/mol. The number of ether oxygens (including phenoxy) is 1. The Bertz CT molecular complexity index is 742. The van der Waals surface area contributed by atoms with Crippen LogP contribution < -0.4 is 10.9 Å². The van der Waals surface area contributed by atoms with Crippen LogP contribution >= 0.6 is 0 Å². The van der Waals surface area contributed by atoms with Gasteiger partial charge in [-0.1, -0.05) is 12.1 Å². The number of aromatic nitrogens is 1. The number of rotatable bonds is 5. The van der Waals surface area contributed by atoms with Crippen molar-refractivity contribution in [2.45, 2.75) is 6.54 Å². The lowest BCUT2D eigenvalue weighted by Crippen LogP contribution is -2.26. The summed E-state index contributed by atoms with van der Waals surface area (Å²) in [5, 5.41) is 2.39. The van der Waals surface area contributed by atoms with Crippen molar-refractivity contribution in [3.8, 4) is 0 Å². The zero-order chi connectivity index (χ0) is 15.9. The average Bonchev–Trinajstić information content (AvgIpc) is 2.48. The predicted octanol–water partition coefficient (Wildman–Crippen LogP) is 1.17. The summed E-state index contributed by atoms with van der Waals surface area (Å²) in [4.78, 5) is 34.5. The molecule has 1 N–H and O–H groups in total. The number of carbonyl (C=O) groups excluding carboxylic acids is 2. The summed E-state index contributed by atoms with van der Waals surface area (Å²) in [6.45, 7) is -0.802. The third-order valence-corrected chi connectivity index (χ3v) is 2.67. The van der Waals surface area contributed by atoms with Crippen molar-refractivity contribution in [2.24, 2.45) is 0 Å². The monoisotopic (exact) mass is 304 g/mol. The molecule has 0 atom stereocenters. The van der Waals surface area contributed by atoms with E-state index in [1.807, 2.05) is 0 Å². The average molecular weight is 304 g/mol. The van der Waals surface area contributed by atoms with E-state index in [0.717, 1.165) is 10.6 Å². The molecule has 0 spiro atoms. The van der Waals surface area contributed by atoms with Gasteiger partial charge in [-0.05, 0) is 24.3 Å². The Morgan fingerprint density at radius 1 is 1.18 bits per heavy atom. The predicted molar refractivity (Wildman–Crippen MR) is 76.7 cm³/mol. The molecule has 0 saturated carbocycles. The van der Waals surface area contributed by atoms with Crippen LogP contribution in [0.1, 0.15) is 0 Å². The van der Waals surface area contributed by atoms with Crippen LogP contribution in [0.25, 0.3) is 0 Å². The van der Waals surface area contributed by atoms with Crippen LogP contribution in [-0.4, -0.2) is 23.1 Å². The van der Waals surface area contributed by atoms with E-state index in [-0.39, 0.29) is 17.8 Å². The zero-order valence-electron chi connectivity index (χ0n) is 11.5. The minimum atomic E-state index is -0.720. The number of esters is 1. The lowest BCUT2D eigenvalue weighted by molar-refractivity contribution is -0.147. The maximum atomic E-state index is 12.9. The molecule has 0 aliphatic heterocycles. The Hall–Kier alpha value is -2.96. The van der Waals surface area contributed by atoms with Crippen molar-refractivity contribution in [1.29, 1.82) is 0 Å². The number of benzene rings is 1. The fraction of sp³-hybridized carbons (Fsp3) is 0.133. The number of anilines is 1. The number of carbonyl (C=O) groups is 2. The van der Waals surface area contributed by atoms with E-state index in [1.165, 1.54) is 30.5 Å². The summed E-state index contributed by atoms with van der Waals surface area (Å²) in [5.41, 5.74) is -0.0796. The van der Waals surface area contributed by atoms with Gasteiger partial charge in [-0.25, -0.2) is 4.39 Å². The van der Waals surface area contributed by atoms with Crippen LogP contribution in [-0.2, 0) is 20.9 Å². The summed E-state index contributed by atoms with van der Waals surface area (Å²) in [7, 11) is 0. The largest absolute Gasteiger partial charge is 0.454 e. The Labute approximate surface area is 125 Å².